The van der Waals surface area contributed by atoms with Crippen LogP contribution in [0.15, 0.2) is 99.5 Å². The number of nitrogen functional groups attached to an aromatic ring is 1. The fraction of sp³-hybridized carbons (Fsp3) is 0.154. The van der Waals surface area contributed by atoms with Gasteiger partial charge in [0.1, 0.15) is 26.9 Å². The van der Waals surface area contributed by atoms with Gasteiger partial charge < -0.3 is 10.8 Å². The summed E-state index contributed by atoms with van der Waals surface area (Å²) in [6.07, 6.45) is 0. The summed E-state index contributed by atoms with van der Waals surface area (Å²) in [5.74, 6) is -2.19. The molecule has 0 aliphatic rings. The summed E-state index contributed by atoms with van der Waals surface area (Å²) in [6.45, 7) is 0.393. The molecular weight excluding hydrogens is 863 g/mol. The van der Waals surface area contributed by atoms with Crippen molar-refractivity contribution >= 4 is 102 Å². The summed E-state index contributed by atoms with van der Waals surface area (Å²) in [6, 6.07) is 8.55. The summed E-state index contributed by atoms with van der Waals surface area (Å²) in [5, 5.41) is 38.1. The third-order valence-corrected chi connectivity index (χ3v) is 13.3. The minimum atomic E-state index is -5.17. The molecule has 298 valence electrons. The van der Waals surface area contributed by atoms with Crippen LogP contribution in [0.3, 0.4) is 0 Å². The Balaban J connectivity index is 1.86. The van der Waals surface area contributed by atoms with E-state index in [1.807, 2.05) is 0 Å². The fourth-order valence-corrected chi connectivity index (χ4v) is 8.75. The molecule has 0 aliphatic heterocycles. The molecule has 0 heterocycles. The lowest BCUT2D eigenvalue weighted by Gasteiger charge is -2.14. The van der Waals surface area contributed by atoms with Gasteiger partial charge in [0.2, 0.25) is 0 Å². The minimum absolute atomic E-state index is 0.118. The molecule has 0 amide bonds. The maximum absolute atomic E-state index is 12.5. The van der Waals surface area contributed by atoms with Crippen molar-refractivity contribution in [3.63, 3.8) is 0 Å². The molecule has 4 rings (SSSR count). The molecule has 0 radical (unpaired) electrons. The second kappa shape index (κ2) is 16.5. The van der Waals surface area contributed by atoms with E-state index >= 15 is 0 Å². The summed E-state index contributed by atoms with van der Waals surface area (Å²) < 4.78 is 157. The van der Waals surface area contributed by atoms with Gasteiger partial charge in [-0.1, -0.05) is 12.0 Å². The molecule has 55 heavy (non-hydrogen) atoms. The van der Waals surface area contributed by atoms with E-state index in [1.165, 1.54) is 6.92 Å². The standard InChI is InChI=1S/C26H25N5O18S6/c1-2-51(34,35)17-7-8-18(20(13-17)53(38,39)40)29-30-24-19(50-49-48-33)11-14-12-21(54(41,42)43)25(23(27)22(14)26(24)32)31-28-15-3-5-16(6-4-15)52(36,37)10-9-47-55(44,45)46/h3-8,11-13,32-33H,2,9-10,27H2,1H3,(H,38,39,40)(H,41,42,43)(H,44,45,46). The largest absolute Gasteiger partial charge is 0.505 e. The van der Waals surface area contributed by atoms with Gasteiger partial charge in [0.05, 0.1) is 61.6 Å². The van der Waals surface area contributed by atoms with E-state index in [0.717, 1.165) is 48.5 Å². The van der Waals surface area contributed by atoms with Gasteiger partial charge in [-0.25, -0.2) is 26.3 Å². The summed E-state index contributed by atoms with van der Waals surface area (Å²) in [5.41, 5.74) is 3.45. The Hall–Kier alpha value is -4.24. The van der Waals surface area contributed by atoms with E-state index in [4.69, 9.17) is 15.5 Å². The maximum Gasteiger partial charge on any atom is 0.397 e. The average molecular weight is 888 g/mol. The van der Waals surface area contributed by atoms with Crippen LogP contribution < -0.4 is 5.73 Å². The highest BCUT2D eigenvalue weighted by Crippen LogP contribution is 2.50. The molecule has 0 fully saturated rings. The van der Waals surface area contributed by atoms with Gasteiger partial charge in [-0.05, 0) is 60.0 Å². The Bertz CT molecular complexity index is 2780. The zero-order valence-corrected chi connectivity index (χ0v) is 32.1. The lowest BCUT2D eigenvalue weighted by Crippen LogP contribution is -2.15. The number of aromatic hydroxyl groups is 1. The molecule has 0 bridgehead atoms. The molecule has 23 nitrogen and oxygen atoms in total. The van der Waals surface area contributed by atoms with Gasteiger partial charge in [0.15, 0.2) is 25.4 Å². The van der Waals surface area contributed by atoms with Gasteiger partial charge in [-0.15, -0.1) is 19.7 Å². The number of nitrogens with zero attached hydrogens (tertiary/aromatic N) is 4. The van der Waals surface area contributed by atoms with E-state index in [-0.39, 0.29) is 32.9 Å². The molecule has 0 unspecified atom stereocenters. The molecule has 0 aliphatic carbocycles. The van der Waals surface area contributed by atoms with Crippen molar-refractivity contribution in [3.05, 3.63) is 54.6 Å². The van der Waals surface area contributed by atoms with E-state index in [1.54, 1.807) is 0 Å². The van der Waals surface area contributed by atoms with Crippen molar-refractivity contribution < 1.29 is 79.7 Å². The predicted molar refractivity (Wildman–Crippen MR) is 189 cm³/mol. The topological polar surface area (TPSA) is 375 Å². The SMILES string of the molecule is CCS(=O)(=O)c1ccc(N=Nc2c(SOOO)cc3cc(S(=O)(=O)O)c(N=Nc4ccc(S(=O)(=O)CCOS(=O)(=O)O)cc4)c(N)c3c2O)c(S(=O)(=O)O)c1. The van der Waals surface area contributed by atoms with E-state index < -0.39 is 117 Å². The molecule has 4 aromatic carbocycles. The average Bonchev–Trinajstić information content (AvgIpc) is 3.08. The highest BCUT2D eigenvalue weighted by Gasteiger charge is 2.26. The monoisotopic (exact) mass is 887 g/mol. The van der Waals surface area contributed by atoms with Gasteiger partial charge in [0.25, 0.3) is 20.2 Å². The van der Waals surface area contributed by atoms with Crippen LogP contribution in [-0.4, -0.2) is 84.2 Å². The van der Waals surface area contributed by atoms with E-state index in [2.05, 4.69) is 34.0 Å². The van der Waals surface area contributed by atoms with E-state index in [0.29, 0.717) is 6.07 Å². The summed E-state index contributed by atoms with van der Waals surface area (Å²) in [7, 11) is -23.3. The first-order valence-corrected chi connectivity index (χ1v) is 22.6. The number of phenols is 1. The molecule has 0 aromatic heterocycles. The number of sulfone groups is 2. The second-order valence-electron chi connectivity index (χ2n) is 10.5. The molecular formula is C26H25N5O18S6. The molecule has 0 atom stereocenters. The number of anilines is 1. The van der Waals surface area contributed by atoms with Crippen molar-refractivity contribution in [2.45, 2.75) is 31.4 Å². The van der Waals surface area contributed by atoms with Crippen LogP contribution in [0.1, 0.15) is 6.92 Å². The third-order valence-electron chi connectivity index (χ3n) is 7.00. The number of hydrogen-bond acceptors (Lipinski definition) is 21. The van der Waals surface area contributed by atoms with Crippen LogP contribution in [0.2, 0.25) is 0 Å². The number of azo groups is 2. The Morgan fingerprint density at radius 2 is 1.33 bits per heavy atom. The first kappa shape index (κ1) is 43.5. The first-order valence-electron chi connectivity index (χ1n) is 14.3. The maximum atomic E-state index is 12.5. The third kappa shape index (κ3) is 10.5. The van der Waals surface area contributed by atoms with Crippen LogP contribution in [0.4, 0.5) is 28.4 Å². The smallest absolute Gasteiger partial charge is 0.397 e. The zero-order valence-electron chi connectivity index (χ0n) is 27.2. The quantitative estimate of drug-likeness (QED) is 0.0228. The highest BCUT2D eigenvalue weighted by atomic mass is 32.3. The van der Waals surface area contributed by atoms with Crippen molar-refractivity contribution in [2.24, 2.45) is 20.5 Å². The highest BCUT2D eigenvalue weighted by molar-refractivity contribution is 7.94. The van der Waals surface area contributed by atoms with Crippen LogP contribution in [-0.2, 0) is 63.9 Å². The Kier molecular flexibility index (Phi) is 13.0. The molecule has 0 saturated carbocycles. The Morgan fingerprint density at radius 3 is 1.89 bits per heavy atom. The van der Waals surface area contributed by atoms with Gasteiger partial charge >= 0.3 is 10.4 Å². The number of fused-ring (bicyclic) bond motifs is 1. The number of hydrogen-bond donors (Lipinski definition) is 6. The van der Waals surface area contributed by atoms with Crippen LogP contribution in [0.5, 0.6) is 5.75 Å². The Labute approximate surface area is 315 Å². The van der Waals surface area contributed by atoms with Crippen LogP contribution >= 0.6 is 12.0 Å². The summed E-state index contributed by atoms with van der Waals surface area (Å²) >= 11 is 0.153. The normalized spacial score (nSPS) is 13.3. The van der Waals surface area contributed by atoms with Gasteiger partial charge in [-0.3, -0.25) is 13.7 Å². The number of nitrogens with two attached hydrogens (primary N) is 1. The predicted octanol–water partition coefficient (Wildman–Crippen LogP) is 4.27. The summed E-state index contributed by atoms with van der Waals surface area (Å²) in [4.78, 5) is -3.09. The first-order chi connectivity index (χ1) is 25.4. The molecule has 4 aromatic rings. The van der Waals surface area contributed by atoms with Crippen molar-refractivity contribution in [1.82, 2.24) is 0 Å². The molecule has 0 saturated heterocycles. The number of rotatable bonds is 16. The Morgan fingerprint density at radius 1 is 0.727 bits per heavy atom. The molecule has 29 heteroatoms. The molecule has 7 N–H and O–H groups in total. The van der Waals surface area contributed by atoms with Crippen LogP contribution in [0.25, 0.3) is 10.8 Å². The van der Waals surface area contributed by atoms with Crippen LogP contribution in [0, 0.1) is 0 Å². The minimum Gasteiger partial charge on any atom is -0.505 e. The lowest BCUT2D eigenvalue weighted by molar-refractivity contribution is -0.432. The fourth-order valence-electron chi connectivity index (χ4n) is 4.47. The lowest BCUT2D eigenvalue weighted by atomic mass is 10.1. The van der Waals surface area contributed by atoms with Gasteiger partial charge in [-0.2, -0.15) is 30.4 Å². The van der Waals surface area contributed by atoms with Crippen molar-refractivity contribution in [1.29, 1.82) is 0 Å². The number of phenolic OH excluding ortho intramolecular Hbond substituents is 1. The second-order valence-corrected chi connectivity index (χ2v) is 19.5. The van der Waals surface area contributed by atoms with Crippen molar-refractivity contribution in [3.8, 4) is 5.75 Å². The van der Waals surface area contributed by atoms with E-state index in [9.17, 15) is 56.3 Å². The van der Waals surface area contributed by atoms with Gasteiger partial charge in [0, 0.05) is 0 Å². The number of benzene rings is 4. The van der Waals surface area contributed by atoms with Crippen molar-refractivity contribution in [2.75, 3.05) is 23.8 Å². The molecule has 0 spiro atoms. The zero-order chi connectivity index (χ0) is 41.1.